The van der Waals surface area contributed by atoms with Crippen LogP contribution in [0.25, 0.3) is 0 Å². The Bertz CT molecular complexity index is 724. The highest BCUT2D eigenvalue weighted by Crippen LogP contribution is 2.82. The highest BCUT2D eigenvalue weighted by atomic mass is 32.1. The van der Waals surface area contributed by atoms with Crippen LogP contribution in [0.2, 0.25) is 0 Å². The van der Waals surface area contributed by atoms with Gasteiger partial charge in [-0.05, 0) is 41.9 Å². The van der Waals surface area contributed by atoms with Crippen LogP contribution in [-0.4, -0.2) is 40.0 Å². The van der Waals surface area contributed by atoms with Gasteiger partial charge in [-0.2, -0.15) is 0 Å². The molecular formula is C21H28O4S4. The van der Waals surface area contributed by atoms with Crippen LogP contribution in [0.5, 0.6) is 0 Å². The molecule has 0 aromatic carbocycles. The second-order valence-electron chi connectivity index (χ2n) is 9.58. The summed E-state index contributed by atoms with van der Waals surface area (Å²) >= 11 is 19.6. The van der Waals surface area contributed by atoms with Crippen molar-refractivity contribution >= 4 is 50.5 Å². The number of rotatable bonds is 4. The maximum absolute atomic E-state index is 6.10. The zero-order chi connectivity index (χ0) is 20.6. The molecule has 0 aromatic rings. The van der Waals surface area contributed by atoms with E-state index in [0.29, 0.717) is 35.5 Å². The Hall–Kier alpha value is 0.720. The summed E-state index contributed by atoms with van der Waals surface area (Å²) in [6.07, 6.45) is 1.24. The molecule has 6 aliphatic carbocycles. The molecule has 0 radical (unpaired) electrons. The Morgan fingerprint density at radius 3 is 1.00 bits per heavy atom. The van der Waals surface area contributed by atoms with E-state index in [1.165, 1.54) is 6.42 Å². The maximum Gasteiger partial charge on any atom is 0.182 e. The van der Waals surface area contributed by atoms with Crippen LogP contribution in [0.4, 0.5) is 0 Å². The van der Waals surface area contributed by atoms with Crippen LogP contribution in [0.3, 0.4) is 0 Å². The van der Waals surface area contributed by atoms with Crippen LogP contribution in [0, 0.1) is 59.2 Å². The summed E-state index contributed by atoms with van der Waals surface area (Å²) in [7, 11) is 7.07. The maximum atomic E-state index is 6.10. The lowest BCUT2D eigenvalue weighted by Gasteiger charge is -2.44. The van der Waals surface area contributed by atoms with Crippen LogP contribution in [-0.2, 0) is 18.9 Å². The molecule has 0 aliphatic heterocycles. The first-order valence-electron chi connectivity index (χ1n) is 10.3. The number of fused-ring (bicyclic) bond motifs is 16. The molecular weight excluding hydrogens is 444 g/mol. The monoisotopic (exact) mass is 472 g/mol. The average Bonchev–Trinajstić information content (AvgIpc) is 3.48. The van der Waals surface area contributed by atoms with Crippen molar-refractivity contribution in [3.63, 3.8) is 0 Å². The first kappa shape index (κ1) is 20.3. The van der Waals surface area contributed by atoms with Crippen LogP contribution < -0.4 is 0 Å². The van der Waals surface area contributed by atoms with Crippen molar-refractivity contribution in [3.05, 3.63) is 19.6 Å². The fraction of sp³-hybridized carbons (Fsp3) is 0.810. The molecule has 0 N–H and O–H groups in total. The SMILES string of the molecule is COC1(OC)C2C(S)=C(S)[C@@H]1[C@@H]1C3CC([C@H]21)[C@H]1C2C(S)=C(S)[C@@H]([C@@H]31)C2(OC)OC. The molecule has 29 heavy (non-hydrogen) atoms. The molecule has 6 bridgehead atoms. The van der Waals surface area contributed by atoms with Gasteiger partial charge in [0.05, 0.1) is 0 Å². The number of ether oxygens (including phenoxy) is 4. The molecule has 4 saturated carbocycles. The third-order valence-electron chi connectivity index (χ3n) is 9.66. The first-order valence-corrected chi connectivity index (χ1v) is 12.1. The van der Waals surface area contributed by atoms with E-state index in [1.54, 1.807) is 28.4 Å². The molecule has 10 atom stereocenters. The molecule has 4 unspecified atom stereocenters. The molecule has 8 heteroatoms. The summed E-state index contributed by atoms with van der Waals surface area (Å²) in [5, 5.41) is 0. The summed E-state index contributed by atoms with van der Waals surface area (Å²) in [5.74, 6) is 2.35. The van der Waals surface area contributed by atoms with Gasteiger partial charge in [-0.25, -0.2) is 0 Å². The summed E-state index contributed by atoms with van der Waals surface area (Å²) in [6, 6.07) is 0. The molecule has 0 spiro atoms. The molecule has 0 heterocycles. The quantitative estimate of drug-likeness (QED) is 0.286. The van der Waals surface area contributed by atoms with Gasteiger partial charge in [-0.15, -0.1) is 50.5 Å². The molecule has 0 saturated heterocycles. The highest BCUT2D eigenvalue weighted by Gasteiger charge is 2.82. The number of hydrogen-bond acceptors (Lipinski definition) is 8. The van der Waals surface area contributed by atoms with Gasteiger partial charge >= 0.3 is 0 Å². The number of hydrogen-bond donors (Lipinski definition) is 4. The van der Waals surface area contributed by atoms with Gasteiger partial charge in [0.15, 0.2) is 11.6 Å². The van der Waals surface area contributed by atoms with E-state index in [-0.39, 0.29) is 23.7 Å². The predicted octanol–water partition coefficient (Wildman–Crippen LogP) is 3.74. The lowest BCUT2D eigenvalue weighted by atomic mass is 9.62. The van der Waals surface area contributed by atoms with Gasteiger partial charge in [0.1, 0.15) is 0 Å². The second kappa shape index (κ2) is 6.19. The molecule has 160 valence electrons. The van der Waals surface area contributed by atoms with Crippen molar-refractivity contribution in [1.82, 2.24) is 0 Å². The Morgan fingerprint density at radius 1 is 0.552 bits per heavy atom. The first-order chi connectivity index (χ1) is 13.9. The largest absolute Gasteiger partial charge is 0.352 e. The summed E-state index contributed by atoms with van der Waals surface area (Å²) in [4.78, 5) is 4.21. The van der Waals surface area contributed by atoms with E-state index < -0.39 is 11.6 Å². The Morgan fingerprint density at radius 2 is 0.793 bits per heavy atom. The van der Waals surface area contributed by atoms with Crippen molar-refractivity contribution < 1.29 is 18.9 Å². The highest BCUT2D eigenvalue weighted by molar-refractivity contribution is 7.89. The summed E-state index contributed by atoms with van der Waals surface area (Å²) in [5.41, 5.74) is 0. The molecule has 0 aromatic heterocycles. The van der Waals surface area contributed by atoms with Crippen molar-refractivity contribution in [2.24, 2.45) is 59.2 Å². The van der Waals surface area contributed by atoms with Gasteiger partial charge < -0.3 is 18.9 Å². The lowest BCUT2D eigenvalue weighted by Crippen LogP contribution is -2.44. The van der Waals surface area contributed by atoms with E-state index in [2.05, 4.69) is 0 Å². The minimum Gasteiger partial charge on any atom is -0.352 e. The van der Waals surface area contributed by atoms with E-state index in [4.69, 9.17) is 69.5 Å². The Kier molecular flexibility index (Phi) is 4.34. The van der Waals surface area contributed by atoms with Gasteiger partial charge in [0, 0.05) is 71.7 Å². The number of thiol groups is 4. The van der Waals surface area contributed by atoms with E-state index in [0.717, 1.165) is 19.6 Å². The smallest absolute Gasteiger partial charge is 0.182 e. The normalized spacial score (nSPS) is 52.1. The zero-order valence-corrected chi connectivity index (χ0v) is 20.5. The fourth-order valence-electron chi connectivity index (χ4n) is 9.25. The Labute approximate surface area is 194 Å². The van der Waals surface area contributed by atoms with Gasteiger partial charge in [-0.3, -0.25) is 0 Å². The lowest BCUT2D eigenvalue weighted by molar-refractivity contribution is -0.243. The molecule has 6 aliphatic rings. The van der Waals surface area contributed by atoms with Gasteiger partial charge in [0.25, 0.3) is 0 Å². The molecule has 4 nitrogen and oxygen atoms in total. The minimum atomic E-state index is -0.640. The van der Waals surface area contributed by atoms with E-state index >= 15 is 0 Å². The fourth-order valence-corrected chi connectivity index (χ4v) is 11.2. The van der Waals surface area contributed by atoms with E-state index in [9.17, 15) is 0 Å². The predicted molar refractivity (Wildman–Crippen MR) is 123 cm³/mol. The van der Waals surface area contributed by atoms with Gasteiger partial charge in [-0.1, -0.05) is 0 Å². The standard InChI is InChI=1S/C21H28O4S4/c1-22-20(23-2)12-8-6-5-7(9(8)13(20)17(27)16(12)26)11-10(6)14-18(28)19(29)15(11)21(14,24-3)25-4/h6-15,26-29H,5H2,1-4H3/t6?,7?,8-,9+,10+,11-,12+,13?,14-,15?. The third kappa shape index (κ3) is 1.87. The Balaban J connectivity index is 1.49. The number of methoxy groups -OCH3 is 4. The van der Waals surface area contributed by atoms with Crippen LogP contribution in [0.1, 0.15) is 6.42 Å². The molecule has 0 amide bonds. The van der Waals surface area contributed by atoms with Crippen molar-refractivity contribution in [2.45, 2.75) is 18.0 Å². The summed E-state index contributed by atoms with van der Waals surface area (Å²) < 4.78 is 24.4. The van der Waals surface area contributed by atoms with Crippen molar-refractivity contribution in [1.29, 1.82) is 0 Å². The van der Waals surface area contributed by atoms with Crippen LogP contribution >= 0.6 is 50.5 Å². The minimum absolute atomic E-state index is 0.140. The van der Waals surface area contributed by atoms with E-state index in [1.807, 2.05) is 0 Å². The summed E-state index contributed by atoms with van der Waals surface area (Å²) in [6.45, 7) is 0. The van der Waals surface area contributed by atoms with Crippen molar-refractivity contribution in [3.8, 4) is 0 Å². The zero-order valence-electron chi connectivity index (χ0n) is 16.9. The van der Waals surface area contributed by atoms with Gasteiger partial charge in [0.2, 0.25) is 0 Å². The third-order valence-corrected chi connectivity index (χ3v) is 12.1. The molecule has 4 fully saturated rings. The topological polar surface area (TPSA) is 36.9 Å². The second-order valence-corrected chi connectivity index (χ2v) is 11.5. The van der Waals surface area contributed by atoms with Crippen molar-refractivity contribution in [2.75, 3.05) is 28.4 Å². The molecule has 6 rings (SSSR count). The van der Waals surface area contributed by atoms with Crippen LogP contribution in [0.15, 0.2) is 19.6 Å². The average molecular weight is 473 g/mol.